The van der Waals surface area contributed by atoms with Crippen molar-refractivity contribution in [3.05, 3.63) is 0 Å². The van der Waals surface area contributed by atoms with Gasteiger partial charge in [-0.15, -0.1) is 24.8 Å². The molecule has 0 saturated heterocycles. The van der Waals surface area contributed by atoms with E-state index >= 15 is 0 Å². The summed E-state index contributed by atoms with van der Waals surface area (Å²) in [6.07, 6.45) is 2.66. The smallest absolute Gasteiger partial charge is 0.304 e. The van der Waals surface area contributed by atoms with E-state index in [2.05, 4.69) is 0 Å². The van der Waals surface area contributed by atoms with Crippen molar-refractivity contribution in [2.45, 2.75) is 31.7 Å². The van der Waals surface area contributed by atoms with Crippen LogP contribution in [0.2, 0.25) is 0 Å². The number of nitrogens with two attached hydrogens (primary N) is 2. The Hall–Kier alpha value is -0.0300. The number of aliphatic carboxylic acids is 1. The Kier molecular flexibility index (Phi) is 17.2. The Bertz CT molecular complexity index is 125. The van der Waals surface area contributed by atoms with Crippen molar-refractivity contribution in [2.75, 3.05) is 6.54 Å². The van der Waals surface area contributed by atoms with Crippen LogP contribution in [0.4, 0.5) is 0 Å². The fraction of sp³-hybridized carbons (Fsp3) is 0.857. The summed E-state index contributed by atoms with van der Waals surface area (Å²) in [5.41, 5.74) is 10.8. The molecule has 0 aliphatic heterocycles. The maximum Gasteiger partial charge on any atom is 0.304 e. The van der Waals surface area contributed by atoms with Crippen LogP contribution >= 0.6 is 24.8 Å². The molecule has 0 aromatic rings. The zero-order chi connectivity index (χ0) is 8.69. The molecule has 0 aliphatic carbocycles. The van der Waals surface area contributed by atoms with Crippen LogP contribution in [-0.4, -0.2) is 23.7 Å². The molecular formula is C7H18Cl2N2O2. The van der Waals surface area contributed by atoms with Gasteiger partial charge < -0.3 is 16.6 Å². The molecule has 0 unspecified atom stereocenters. The van der Waals surface area contributed by atoms with E-state index in [4.69, 9.17) is 16.6 Å². The molecular weight excluding hydrogens is 215 g/mol. The first-order valence-electron chi connectivity index (χ1n) is 3.84. The molecule has 6 heteroatoms. The van der Waals surface area contributed by atoms with Crippen molar-refractivity contribution in [3.8, 4) is 0 Å². The van der Waals surface area contributed by atoms with Crippen molar-refractivity contribution in [1.29, 1.82) is 0 Å². The van der Waals surface area contributed by atoms with Crippen molar-refractivity contribution in [2.24, 2.45) is 11.5 Å². The number of carboxylic acid groups (broad SMARTS) is 1. The average molecular weight is 233 g/mol. The van der Waals surface area contributed by atoms with Gasteiger partial charge in [-0.3, -0.25) is 4.79 Å². The average Bonchev–Trinajstić information content (AvgIpc) is 1.86. The maximum absolute atomic E-state index is 10.1. The third-order valence-corrected chi connectivity index (χ3v) is 1.47. The van der Waals surface area contributed by atoms with Gasteiger partial charge >= 0.3 is 5.97 Å². The van der Waals surface area contributed by atoms with Gasteiger partial charge in [0.05, 0.1) is 6.42 Å². The molecule has 0 aliphatic rings. The lowest BCUT2D eigenvalue weighted by molar-refractivity contribution is -0.137. The molecule has 0 heterocycles. The van der Waals surface area contributed by atoms with Gasteiger partial charge in [0, 0.05) is 6.04 Å². The lowest BCUT2D eigenvalue weighted by atomic mass is 10.1. The number of halogens is 2. The molecule has 0 amide bonds. The minimum absolute atomic E-state index is 0. The second-order valence-electron chi connectivity index (χ2n) is 2.64. The molecule has 5 N–H and O–H groups in total. The van der Waals surface area contributed by atoms with Gasteiger partial charge in [0.15, 0.2) is 0 Å². The number of carboxylic acids is 1. The molecule has 0 aromatic carbocycles. The Morgan fingerprint density at radius 2 is 1.85 bits per heavy atom. The van der Waals surface area contributed by atoms with Crippen LogP contribution < -0.4 is 11.5 Å². The van der Waals surface area contributed by atoms with Crippen LogP contribution in [-0.2, 0) is 4.79 Å². The zero-order valence-electron chi connectivity index (χ0n) is 7.44. The first-order chi connectivity index (χ1) is 5.16. The molecule has 82 valence electrons. The first-order valence-corrected chi connectivity index (χ1v) is 3.84. The number of hydrogen-bond acceptors (Lipinski definition) is 3. The summed E-state index contributed by atoms with van der Waals surface area (Å²) in [5.74, 6) is -0.828. The summed E-state index contributed by atoms with van der Waals surface area (Å²) < 4.78 is 0. The highest BCUT2D eigenvalue weighted by atomic mass is 35.5. The Labute approximate surface area is 90.9 Å². The third-order valence-electron chi connectivity index (χ3n) is 1.47. The first kappa shape index (κ1) is 18.7. The summed E-state index contributed by atoms with van der Waals surface area (Å²) in [7, 11) is 0. The molecule has 4 nitrogen and oxygen atoms in total. The predicted molar refractivity (Wildman–Crippen MR) is 57.6 cm³/mol. The normalized spacial score (nSPS) is 10.9. The number of carbonyl (C=O) groups is 1. The molecule has 0 spiro atoms. The minimum atomic E-state index is -0.828. The van der Waals surface area contributed by atoms with Gasteiger partial charge in [0.25, 0.3) is 0 Å². The van der Waals surface area contributed by atoms with Gasteiger partial charge in [-0.25, -0.2) is 0 Å². The van der Waals surface area contributed by atoms with Gasteiger partial charge in [-0.05, 0) is 19.4 Å². The highest BCUT2D eigenvalue weighted by Crippen LogP contribution is 2.00. The number of rotatable bonds is 6. The largest absolute Gasteiger partial charge is 0.481 e. The molecule has 0 fully saturated rings. The van der Waals surface area contributed by atoms with E-state index in [1.165, 1.54) is 0 Å². The second kappa shape index (κ2) is 12.0. The number of unbranched alkanes of at least 4 members (excludes halogenated alkanes) is 1. The van der Waals surface area contributed by atoms with Crippen LogP contribution in [0.25, 0.3) is 0 Å². The molecule has 0 rings (SSSR count). The summed E-state index contributed by atoms with van der Waals surface area (Å²) in [5, 5.41) is 8.34. The van der Waals surface area contributed by atoms with E-state index < -0.39 is 5.97 Å². The maximum atomic E-state index is 10.1. The van der Waals surface area contributed by atoms with Crippen LogP contribution in [0.5, 0.6) is 0 Å². The molecule has 1 atom stereocenters. The van der Waals surface area contributed by atoms with Gasteiger partial charge in [-0.2, -0.15) is 0 Å². The van der Waals surface area contributed by atoms with Crippen LogP contribution in [0, 0.1) is 0 Å². The molecule has 0 aromatic heterocycles. The van der Waals surface area contributed by atoms with E-state index in [-0.39, 0.29) is 37.3 Å². The monoisotopic (exact) mass is 232 g/mol. The van der Waals surface area contributed by atoms with Crippen LogP contribution in [0.15, 0.2) is 0 Å². The fourth-order valence-corrected chi connectivity index (χ4v) is 0.877. The van der Waals surface area contributed by atoms with Crippen molar-refractivity contribution < 1.29 is 9.90 Å². The zero-order valence-corrected chi connectivity index (χ0v) is 9.07. The highest BCUT2D eigenvalue weighted by Gasteiger charge is 2.06. The Morgan fingerprint density at radius 1 is 1.31 bits per heavy atom. The summed E-state index contributed by atoms with van der Waals surface area (Å²) >= 11 is 0. The van der Waals surface area contributed by atoms with E-state index in [1.54, 1.807) is 0 Å². The van der Waals surface area contributed by atoms with Crippen molar-refractivity contribution in [1.82, 2.24) is 0 Å². The standard InChI is InChI=1S/C7H16N2O2.2ClH/c8-4-2-1-3-6(9)5-7(10)11;;/h6H,1-5,8-9H2,(H,10,11);2*1H/t6-;;/m1../s1. The highest BCUT2D eigenvalue weighted by molar-refractivity contribution is 5.85. The van der Waals surface area contributed by atoms with Gasteiger partial charge in [0.2, 0.25) is 0 Å². The summed E-state index contributed by atoms with van der Waals surface area (Å²) in [6, 6.07) is -0.209. The van der Waals surface area contributed by atoms with E-state index in [1.807, 2.05) is 0 Å². The summed E-state index contributed by atoms with van der Waals surface area (Å²) in [6.45, 7) is 0.653. The topological polar surface area (TPSA) is 89.3 Å². The van der Waals surface area contributed by atoms with Crippen LogP contribution in [0.3, 0.4) is 0 Å². The Morgan fingerprint density at radius 3 is 2.23 bits per heavy atom. The van der Waals surface area contributed by atoms with Crippen LogP contribution in [0.1, 0.15) is 25.7 Å². The molecule has 0 saturated carbocycles. The van der Waals surface area contributed by atoms with Crippen molar-refractivity contribution >= 4 is 30.8 Å². The van der Waals surface area contributed by atoms with Gasteiger partial charge in [0.1, 0.15) is 0 Å². The quantitative estimate of drug-likeness (QED) is 0.591. The van der Waals surface area contributed by atoms with Crippen molar-refractivity contribution in [3.63, 3.8) is 0 Å². The SMILES string of the molecule is Cl.Cl.NCCCC[C@@H](N)CC(=O)O. The Balaban J connectivity index is -0.000000500. The molecule has 0 radical (unpaired) electrons. The molecule has 0 bridgehead atoms. The summed E-state index contributed by atoms with van der Waals surface area (Å²) in [4.78, 5) is 10.1. The number of hydrogen-bond donors (Lipinski definition) is 3. The lowest BCUT2D eigenvalue weighted by Gasteiger charge is -2.06. The second-order valence-corrected chi connectivity index (χ2v) is 2.64. The fourth-order valence-electron chi connectivity index (χ4n) is 0.877. The van der Waals surface area contributed by atoms with Gasteiger partial charge in [-0.1, -0.05) is 6.42 Å². The van der Waals surface area contributed by atoms with E-state index in [0.717, 1.165) is 19.3 Å². The lowest BCUT2D eigenvalue weighted by Crippen LogP contribution is -2.23. The van der Waals surface area contributed by atoms with E-state index in [0.29, 0.717) is 6.54 Å². The van der Waals surface area contributed by atoms with E-state index in [9.17, 15) is 4.79 Å². The minimum Gasteiger partial charge on any atom is -0.481 e. The molecule has 13 heavy (non-hydrogen) atoms. The predicted octanol–water partition coefficient (Wildman–Crippen LogP) is 0.761. The third kappa shape index (κ3) is 14.8.